The van der Waals surface area contributed by atoms with E-state index in [4.69, 9.17) is 4.98 Å². The molecule has 2 aromatic carbocycles. The third-order valence-electron chi connectivity index (χ3n) is 8.40. The molecule has 222 valence electrons. The topological polar surface area (TPSA) is 108 Å². The zero-order valence-electron chi connectivity index (χ0n) is 23.3. The van der Waals surface area contributed by atoms with E-state index in [1.807, 2.05) is 24.3 Å². The number of fused-ring (bicyclic) bond motifs is 1. The molecule has 8 nitrogen and oxygen atoms in total. The molecule has 1 fully saturated rings. The third kappa shape index (κ3) is 5.40. The predicted molar refractivity (Wildman–Crippen MR) is 152 cm³/mol. The van der Waals surface area contributed by atoms with Crippen LogP contribution < -0.4 is 11.1 Å². The lowest BCUT2D eigenvalue weighted by Crippen LogP contribution is -2.36. The molecule has 1 aliphatic heterocycles. The molecule has 0 spiro atoms. The molecule has 0 unspecified atom stereocenters. The van der Waals surface area contributed by atoms with Crippen molar-refractivity contribution >= 4 is 5.91 Å². The van der Waals surface area contributed by atoms with Crippen molar-refractivity contribution in [1.82, 2.24) is 19.4 Å². The molecule has 6 rings (SSSR count). The molecule has 2 aliphatic rings. The number of aliphatic hydroxyl groups excluding tert-OH is 1. The van der Waals surface area contributed by atoms with Crippen LogP contribution in [0.2, 0.25) is 0 Å². The second kappa shape index (κ2) is 10.6. The smallest absolute Gasteiger partial charge is 0.378 e. The van der Waals surface area contributed by atoms with Crippen molar-refractivity contribution < 1.29 is 23.1 Å². The molecule has 11 heteroatoms. The fourth-order valence-electron chi connectivity index (χ4n) is 5.79. The minimum atomic E-state index is -4.61. The normalized spacial score (nSPS) is 16.7. The fraction of sp³-hybridized carbons (Fsp3) is 0.312. The Morgan fingerprint density at radius 2 is 1.81 bits per heavy atom. The number of pyridine rings is 1. The zero-order chi connectivity index (χ0) is 30.5. The summed E-state index contributed by atoms with van der Waals surface area (Å²) < 4.78 is 41.0. The lowest BCUT2D eigenvalue weighted by molar-refractivity contribution is -0.142. The van der Waals surface area contributed by atoms with Gasteiger partial charge in [0.25, 0.3) is 11.5 Å². The number of halogens is 3. The lowest BCUT2D eigenvalue weighted by Gasteiger charge is -2.24. The zero-order valence-corrected chi connectivity index (χ0v) is 23.3. The maximum absolute atomic E-state index is 13.4. The molecular formula is C32H29F3N4O4. The van der Waals surface area contributed by atoms with E-state index in [-0.39, 0.29) is 29.8 Å². The summed E-state index contributed by atoms with van der Waals surface area (Å²) in [7, 11) is 1.70. The molecule has 43 heavy (non-hydrogen) atoms. The van der Waals surface area contributed by atoms with E-state index in [0.717, 1.165) is 47.7 Å². The molecule has 3 heterocycles. The first kappa shape index (κ1) is 28.6. The highest BCUT2D eigenvalue weighted by Gasteiger charge is 2.49. The SMILES string of the molecule is Cn1cc(-c2cccc(C3(c4nc5c(c(=O)[nH]4)CN(C(=O)[C@H](O)c4cccc(C(F)(F)F)c4)CCC5)CC3)c2)ccc1=O. The van der Waals surface area contributed by atoms with Gasteiger partial charge in [-0.2, -0.15) is 13.2 Å². The Morgan fingerprint density at radius 3 is 2.53 bits per heavy atom. The Morgan fingerprint density at radius 1 is 1.05 bits per heavy atom. The van der Waals surface area contributed by atoms with Gasteiger partial charge in [-0.25, -0.2) is 4.98 Å². The number of aliphatic hydroxyl groups is 1. The van der Waals surface area contributed by atoms with Gasteiger partial charge in [-0.1, -0.05) is 36.4 Å². The molecule has 1 atom stereocenters. The molecule has 0 radical (unpaired) electrons. The summed E-state index contributed by atoms with van der Waals surface area (Å²) in [5.41, 5.74) is 1.63. The molecule has 0 saturated heterocycles. The number of carbonyl (C=O) groups is 1. The number of carbonyl (C=O) groups excluding carboxylic acids is 1. The van der Waals surface area contributed by atoms with Crippen LogP contribution in [0.4, 0.5) is 13.2 Å². The van der Waals surface area contributed by atoms with E-state index in [2.05, 4.69) is 4.98 Å². The van der Waals surface area contributed by atoms with E-state index in [1.165, 1.54) is 21.6 Å². The van der Waals surface area contributed by atoms with Crippen LogP contribution in [0.25, 0.3) is 11.1 Å². The predicted octanol–water partition coefficient (Wildman–Crippen LogP) is 4.24. The number of alkyl halides is 3. The van der Waals surface area contributed by atoms with Gasteiger partial charge in [0, 0.05) is 25.9 Å². The van der Waals surface area contributed by atoms with Crippen LogP contribution >= 0.6 is 0 Å². The first-order chi connectivity index (χ1) is 20.5. The largest absolute Gasteiger partial charge is 0.416 e. The minimum Gasteiger partial charge on any atom is -0.378 e. The number of nitrogens with one attached hydrogen (secondary N) is 1. The summed E-state index contributed by atoms with van der Waals surface area (Å²) in [6.45, 7) is 0.106. The van der Waals surface area contributed by atoms with Crippen molar-refractivity contribution in [3.63, 3.8) is 0 Å². The molecular weight excluding hydrogens is 561 g/mol. The van der Waals surface area contributed by atoms with Gasteiger partial charge in [0.2, 0.25) is 5.56 Å². The number of benzene rings is 2. The highest BCUT2D eigenvalue weighted by molar-refractivity contribution is 5.82. The Kier molecular flexibility index (Phi) is 7.08. The van der Waals surface area contributed by atoms with Gasteiger partial charge >= 0.3 is 6.18 Å². The first-order valence-electron chi connectivity index (χ1n) is 14.0. The minimum absolute atomic E-state index is 0.101. The molecule has 4 aromatic rings. The van der Waals surface area contributed by atoms with Crippen LogP contribution in [0.5, 0.6) is 0 Å². The van der Waals surface area contributed by atoms with E-state index >= 15 is 0 Å². The maximum Gasteiger partial charge on any atom is 0.416 e. The number of aromatic nitrogens is 3. The summed E-state index contributed by atoms with van der Waals surface area (Å²) in [6, 6.07) is 15.3. The van der Waals surface area contributed by atoms with Gasteiger partial charge in [-0.05, 0) is 66.1 Å². The summed E-state index contributed by atoms with van der Waals surface area (Å²) in [5.74, 6) is -0.220. The van der Waals surface area contributed by atoms with E-state index in [9.17, 15) is 32.7 Å². The average Bonchev–Trinajstić information content (AvgIpc) is 3.82. The van der Waals surface area contributed by atoms with Crippen LogP contribution in [0.15, 0.2) is 76.4 Å². The summed E-state index contributed by atoms with van der Waals surface area (Å²) >= 11 is 0. The van der Waals surface area contributed by atoms with Crippen LogP contribution in [0.1, 0.15) is 59.1 Å². The molecule has 2 aromatic heterocycles. The Labute approximate surface area is 244 Å². The van der Waals surface area contributed by atoms with Gasteiger partial charge in [0.1, 0.15) is 5.82 Å². The first-order valence-corrected chi connectivity index (χ1v) is 14.0. The molecule has 2 N–H and O–H groups in total. The highest BCUT2D eigenvalue weighted by atomic mass is 19.4. The second-order valence-corrected chi connectivity index (χ2v) is 11.3. The molecule has 1 saturated carbocycles. The number of rotatable bonds is 5. The van der Waals surface area contributed by atoms with Crippen molar-refractivity contribution in [1.29, 1.82) is 0 Å². The average molecular weight is 591 g/mol. The lowest BCUT2D eigenvalue weighted by atomic mass is 9.91. The van der Waals surface area contributed by atoms with E-state index in [0.29, 0.717) is 29.9 Å². The van der Waals surface area contributed by atoms with Crippen molar-refractivity contribution in [2.45, 2.75) is 49.9 Å². The van der Waals surface area contributed by atoms with Crippen molar-refractivity contribution in [3.8, 4) is 11.1 Å². The quantitative estimate of drug-likeness (QED) is 0.362. The second-order valence-electron chi connectivity index (χ2n) is 11.3. The number of H-pyrrole nitrogens is 1. The summed E-state index contributed by atoms with van der Waals surface area (Å²) in [6.07, 6.45) is -2.15. The van der Waals surface area contributed by atoms with Gasteiger partial charge < -0.3 is 19.6 Å². The number of aryl methyl sites for hydroxylation is 2. The number of hydrogen-bond acceptors (Lipinski definition) is 5. The Bertz CT molecular complexity index is 1840. The van der Waals surface area contributed by atoms with Crippen LogP contribution in [0.3, 0.4) is 0 Å². The van der Waals surface area contributed by atoms with Gasteiger partial charge in [0.15, 0.2) is 6.10 Å². The van der Waals surface area contributed by atoms with Crippen LogP contribution in [-0.4, -0.2) is 37.0 Å². The Hall–Kier alpha value is -4.51. The molecule has 1 aliphatic carbocycles. The number of amides is 1. The van der Waals surface area contributed by atoms with Gasteiger partial charge in [0.05, 0.1) is 28.8 Å². The number of aromatic amines is 1. The Balaban J connectivity index is 1.27. The third-order valence-corrected chi connectivity index (χ3v) is 8.40. The van der Waals surface area contributed by atoms with Crippen LogP contribution in [0, 0.1) is 0 Å². The van der Waals surface area contributed by atoms with Crippen molar-refractivity contribution in [3.05, 3.63) is 121 Å². The number of nitrogens with zero attached hydrogens (tertiary/aromatic N) is 3. The standard InChI is InChI=1S/C32H29F3N4O4/c1-38-17-21(10-11-26(38)40)19-5-2-7-22(15-19)31(12-13-31)30-36-25-9-4-14-39(18-24(25)28(42)37-30)29(43)27(41)20-6-3-8-23(16-20)32(33,34)35/h2-3,5-8,10-11,15-17,27,41H,4,9,12-14,18H2,1H3,(H,36,37,42)/t27-/m1/s1. The van der Waals surface area contributed by atoms with Crippen LogP contribution in [-0.2, 0) is 36.4 Å². The van der Waals surface area contributed by atoms with Gasteiger partial charge in [-0.3, -0.25) is 14.4 Å². The van der Waals surface area contributed by atoms with Crippen molar-refractivity contribution in [2.24, 2.45) is 7.05 Å². The van der Waals surface area contributed by atoms with E-state index < -0.39 is 29.2 Å². The van der Waals surface area contributed by atoms with Gasteiger partial charge in [-0.15, -0.1) is 0 Å². The fourth-order valence-corrected chi connectivity index (χ4v) is 5.79. The monoisotopic (exact) mass is 590 g/mol. The van der Waals surface area contributed by atoms with E-state index in [1.54, 1.807) is 19.3 Å². The highest BCUT2D eigenvalue weighted by Crippen LogP contribution is 2.52. The summed E-state index contributed by atoms with van der Waals surface area (Å²) in [4.78, 5) is 47.6. The summed E-state index contributed by atoms with van der Waals surface area (Å²) in [5, 5.41) is 10.7. The maximum atomic E-state index is 13.4. The van der Waals surface area contributed by atoms with Crippen molar-refractivity contribution in [2.75, 3.05) is 6.54 Å². The number of hydrogen-bond donors (Lipinski definition) is 2. The molecule has 0 bridgehead atoms. The molecule has 1 amide bonds.